The number of urea groups is 1. The highest BCUT2D eigenvalue weighted by molar-refractivity contribution is 6.04. The van der Waals surface area contributed by atoms with Crippen molar-refractivity contribution in [2.24, 2.45) is 0 Å². The Balaban J connectivity index is 2.14. The number of hydrogen-bond donors (Lipinski definition) is 6. The lowest BCUT2D eigenvalue weighted by Crippen LogP contribution is -2.56. The lowest BCUT2D eigenvalue weighted by Gasteiger charge is -2.26. The van der Waals surface area contributed by atoms with E-state index < -0.39 is 59.2 Å². The molecule has 0 bridgehead atoms. The normalized spacial score (nSPS) is 12.3. The van der Waals surface area contributed by atoms with Crippen molar-refractivity contribution in [2.75, 3.05) is 18.4 Å². The fourth-order valence-electron chi connectivity index (χ4n) is 4.00. The molecule has 13 heteroatoms. The highest BCUT2D eigenvalue weighted by atomic mass is 19.4. The number of benzene rings is 2. The molecule has 0 saturated carbocycles. The number of hydrogen-bond acceptors (Lipinski definition) is 5. The van der Waals surface area contributed by atoms with Crippen molar-refractivity contribution in [1.82, 2.24) is 26.6 Å². The predicted octanol–water partition coefficient (Wildman–Crippen LogP) is 3.77. The van der Waals surface area contributed by atoms with E-state index in [9.17, 15) is 32.3 Å². The Morgan fingerprint density at radius 3 is 2.16 bits per heavy atom. The molecule has 0 fully saturated rings. The molecule has 0 aromatic heterocycles. The Morgan fingerprint density at radius 1 is 0.907 bits per heavy atom. The molecule has 0 aliphatic heterocycles. The second-order valence-corrected chi connectivity index (χ2v) is 11.6. The van der Waals surface area contributed by atoms with Gasteiger partial charge < -0.3 is 31.9 Å². The van der Waals surface area contributed by atoms with E-state index in [2.05, 4.69) is 31.9 Å². The second-order valence-electron chi connectivity index (χ2n) is 11.6. The highest BCUT2D eigenvalue weighted by Gasteiger charge is 2.32. The summed E-state index contributed by atoms with van der Waals surface area (Å²) in [5.41, 5.74) is 0.847. The third-order valence-corrected chi connectivity index (χ3v) is 5.98. The number of rotatable bonds is 11. The van der Waals surface area contributed by atoms with Crippen molar-refractivity contribution in [1.29, 1.82) is 0 Å². The standard InChI is InChI=1S/C30H41F3N6O4/c1-17(2)36-28(43)38-23-11-10-21(30(31,32)33)13-22(23)26(41)35-16-25(40)37-24(27(42)39-29(5,6)7)15-34-14-20-9-8-18(3)12-19(20)4/h8-13,17,24,34H,14-16H2,1-7H3,(H,35,41)(H,37,40)(H,39,42)(H2,36,38,43). The lowest BCUT2D eigenvalue weighted by atomic mass is 10.1. The van der Waals surface area contributed by atoms with Crippen LogP contribution in [0.5, 0.6) is 0 Å². The average Bonchev–Trinajstić information content (AvgIpc) is 2.85. The average molecular weight is 607 g/mol. The quantitative estimate of drug-likeness (QED) is 0.231. The van der Waals surface area contributed by atoms with Gasteiger partial charge in [0.2, 0.25) is 11.8 Å². The van der Waals surface area contributed by atoms with Crippen molar-refractivity contribution in [2.45, 2.75) is 78.8 Å². The summed E-state index contributed by atoms with van der Waals surface area (Å²) in [5.74, 6) is -2.22. The van der Waals surface area contributed by atoms with Crippen LogP contribution >= 0.6 is 0 Å². The molecule has 5 amide bonds. The summed E-state index contributed by atoms with van der Waals surface area (Å²) in [6.07, 6.45) is -4.75. The van der Waals surface area contributed by atoms with Gasteiger partial charge in [-0.3, -0.25) is 14.4 Å². The van der Waals surface area contributed by atoms with Crippen LogP contribution in [-0.4, -0.2) is 54.5 Å². The highest BCUT2D eigenvalue weighted by Crippen LogP contribution is 2.32. The first-order chi connectivity index (χ1) is 19.9. The topological polar surface area (TPSA) is 140 Å². The molecule has 2 aromatic carbocycles. The second kappa shape index (κ2) is 14.9. The van der Waals surface area contributed by atoms with Gasteiger partial charge in [0.05, 0.1) is 23.4 Å². The zero-order chi connectivity index (χ0) is 32.5. The van der Waals surface area contributed by atoms with Crippen LogP contribution in [0.3, 0.4) is 0 Å². The zero-order valence-electron chi connectivity index (χ0n) is 25.5. The molecule has 2 rings (SSSR count). The first kappa shape index (κ1) is 35.1. The van der Waals surface area contributed by atoms with Crippen LogP contribution in [0.25, 0.3) is 0 Å². The van der Waals surface area contributed by atoms with E-state index in [1.807, 2.05) is 32.0 Å². The van der Waals surface area contributed by atoms with Crippen molar-refractivity contribution < 1.29 is 32.3 Å². The van der Waals surface area contributed by atoms with Crippen molar-refractivity contribution in [3.05, 3.63) is 64.2 Å². The molecule has 0 aliphatic carbocycles. The number of halogens is 3. The molecule has 2 aromatic rings. The minimum atomic E-state index is -4.75. The molecular formula is C30H41F3N6O4. The smallest absolute Gasteiger partial charge is 0.350 e. The van der Waals surface area contributed by atoms with Crippen molar-refractivity contribution in [3.8, 4) is 0 Å². The maximum absolute atomic E-state index is 13.4. The first-order valence-electron chi connectivity index (χ1n) is 13.8. The maximum atomic E-state index is 13.4. The molecule has 236 valence electrons. The van der Waals surface area contributed by atoms with Gasteiger partial charge in [0.25, 0.3) is 5.91 Å². The van der Waals surface area contributed by atoms with Crippen LogP contribution in [0.4, 0.5) is 23.7 Å². The van der Waals surface area contributed by atoms with E-state index >= 15 is 0 Å². The fourth-order valence-corrected chi connectivity index (χ4v) is 4.00. The lowest BCUT2D eigenvalue weighted by molar-refractivity contribution is -0.137. The summed E-state index contributed by atoms with van der Waals surface area (Å²) < 4.78 is 40.1. The van der Waals surface area contributed by atoms with E-state index in [0.717, 1.165) is 28.8 Å². The predicted molar refractivity (Wildman–Crippen MR) is 159 cm³/mol. The molecule has 0 radical (unpaired) electrons. The molecule has 0 saturated heterocycles. The number of amides is 5. The summed E-state index contributed by atoms with van der Waals surface area (Å²) in [6.45, 7) is 12.6. The van der Waals surface area contributed by atoms with Gasteiger partial charge in [-0.15, -0.1) is 0 Å². The van der Waals surface area contributed by atoms with Gasteiger partial charge in [0, 0.05) is 24.7 Å². The Morgan fingerprint density at radius 2 is 1.58 bits per heavy atom. The van der Waals surface area contributed by atoms with Crippen molar-refractivity contribution in [3.63, 3.8) is 0 Å². The van der Waals surface area contributed by atoms with E-state index in [1.165, 1.54) is 0 Å². The van der Waals surface area contributed by atoms with Gasteiger partial charge in [-0.1, -0.05) is 23.8 Å². The molecule has 0 heterocycles. The van der Waals surface area contributed by atoms with Gasteiger partial charge in [0.1, 0.15) is 6.04 Å². The summed E-state index contributed by atoms with van der Waals surface area (Å²) >= 11 is 0. The molecule has 43 heavy (non-hydrogen) atoms. The Bertz CT molecular complexity index is 1320. The number of carbonyl (C=O) groups is 4. The summed E-state index contributed by atoms with van der Waals surface area (Å²) in [7, 11) is 0. The maximum Gasteiger partial charge on any atom is 0.416 e. The van der Waals surface area contributed by atoms with Crippen LogP contribution < -0.4 is 31.9 Å². The number of alkyl halides is 3. The molecule has 6 N–H and O–H groups in total. The Hall–Kier alpha value is -4.13. The SMILES string of the molecule is Cc1ccc(CNCC(NC(=O)CNC(=O)c2cc(C(F)(F)F)ccc2NC(=O)NC(C)C)C(=O)NC(C)(C)C)c(C)c1. The molecule has 0 spiro atoms. The minimum Gasteiger partial charge on any atom is -0.350 e. The van der Waals surface area contributed by atoms with Gasteiger partial charge in [-0.2, -0.15) is 13.2 Å². The molecule has 10 nitrogen and oxygen atoms in total. The van der Waals surface area contributed by atoms with Crippen molar-refractivity contribution >= 4 is 29.4 Å². The van der Waals surface area contributed by atoms with E-state index in [0.29, 0.717) is 12.6 Å². The monoisotopic (exact) mass is 606 g/mol. The third-order valence-electron chi connectivity index (χ3n) is 5.98. The van der Waals surface area contributed by atoms with Crippen LogP contribution in [0, 0.1) is 13.8 Å². The third kappa shape index (κ3) is 11.9. The number of nitrogens with one attached hydrogen (secondary N) is 6. The Labute approximate surface area is 249 Å². The van der Waals surface area contributed by atoms with Crippen LogP contribution in [-0.2, 0) is 22.3 Å². The number of carbonyl (C=O) groups excluding carboxylic acids is 4. The molecule has 0 aliphatic rings. The van der Waals surface area contributed by atoms with Crippen LogP contribution in [0.1, 0.15) is 67.2 Å². The zero-order valence-corrected chi connectivity index (χ0v) is 25.5. The molecule has 1 unspecified atom stereocenters. The van der Waals surface area contributed by atoms with E-state index in [4.69, 9.17) is 0 Å². The fraction of sp³-hybridized carbons (Fsp3) is 0.467. The van der Waals surface area contributed by atoms with Gasteiger partial charge in [0.15, 0.2) is 0 Å². The largest absolute Gasteiger partial charge is 0.416 e. The van der Waals surface area contributed by atoms with E-state index in [1.54, 1.807) is 34.6 Å². The van der Waals surface area contributed by atoms with Crippen LogP contribution in [0.2, 0.25) is 0 Å². The Kier molecular flexibility index (Phi) is 12.1. The first-order valence-corrected chi connectivity index (χ1v) is 13.8. The van der Waals surface area contributed by atoms with Gasteiger partial charge >= 0.3 is 12.2 Å². The molecule has 1 atom stereocenters. The van der Waals surface area contributed by atoms with Gasteiger partial charge in [-0.25, -0.2) is 4.79 Å². The summed E-state index contributed by atoms with van der Waals surface area (Å²) in [6, 6.07) is 6.27. The summed E-state index contributed by atoms with van der Waals surface area (Å²) in [5, 5.41) is 15.7. The van der Waals surface area contributed by atoms with E-state index in [-0.39, 0.29) is 18.3 Å². The molecular weight excluding hydrogens is 565 g/mol. The van der Waals surface area contributed by atoms with Gasteiger partial charge in [-0.05, 0) is 77.8 Å². The van der Waals surface area contributed by atoms with Crippen LogP contribution in [0.15, 0.2) is 36.4 Å². The minimum absolute atomic E-state index is 0.0710. The summed E-state index contributed by atoms with van der Waals surface area (Å²) in [4.78, 5) is 50.8. The number of aryl methyl sites for hydroxylation is 2. The number of anilines is 1.